The van der Waals surface area contributed by atoms with E-state index >= 15 is 0 Å². The average Bonchev–Trinajstić information content (AvgIpc) is 3.04. The Balaban J connectivity index is 2.07. The zero-order valence-electron chi connectivity index (χ0n) is 14.5. The van der Waals surface area contributed by atoms with Crippen LogP contribution in [0.4, 0.5) is 0 Å². The number of rotatable bonds is 5. The van der Waals surface area contributed by atoms with Gasteiger partial charge in [-0.2, -0.15) is 4.31 Å². The number of thiophene rings is 1. The van der Waals surface area contributed by atoms with Crippen LogP contribution in [0, 0.1) is 0 Å². The van der Waals surface area contributed by atoms with Gasteiger partial charge >= 0.3 is 0 Å². The first-order valence-electron chi connectivity index (χ1n) is 8.35. The molecule has 1 saturated heterocycles. The second kappa shape index (κ2) is 7.76. The highest BCUT2D eigenvalue weighted by Crippen LogP contribution is 2.39. The molecule has 0 bridgehead atoms. The van der Waals surface area contributed by atoms with Crippen molar-refractivity contribution in [2.75, 3.05) is 20.8 Å². The van der Waals surface area contributed by atoms with Crippen LogP contribution in [-0.4, -0.2) is 33.5 Å². The molecular formula is C18H23NO4S2. The van der Waals surface area contributed by atoms with Crippen molar-refractivity contribution in [1.29, 1.82) is 0 Å². The maximum atomic E-state index is 13.5. The number of ether oxygens (including phenoxy) is 2. The van der Waals surface area contributed by atoms with Crippen molar-refractivity contribution >= 4 is 21.4 Å². The van der Waals surface area contributed by atoms with Crippen LogP contribution in [0.1, 0.15) is 36.6 Å². The van der Waals surface area contributed by atoms with Crippen molar-refractivity contribution in [3.8, 4) is 11.5 Å². The molecule has 2 heterocycles. The lowest BCUT2D eigenvalue weighted by atomic mass is 10.1. The van der Waals surface area contributed by atoms with Crippen molar-refractivity contribution in [3.05, 3.63) is 40.6 Å². The summed E-state index contributed by atoms with van der Waals surface area (Å²) < 4.78 is 39.2. The molecule has 0 unspecified atom stereocenters. The molecular weight excluding hydrogens is 358 g/mol. The van der Waals surface area contributed by atoms with Gasteiger partial charge in [-0.1, -0.05) is 18.9 Å². The van der Waals surface area contributed by atoms with Gasteiger partial charge in [-0.15, -0.1) is 11.3 Å². The van der Waals surface area contributed by atoms with E-state index in [-0.39, 0.29) is 10.9 Å². The van der Waals surface area contributed by atoms with Gasteiger partial charge in [0.2, 0.25) is 10.0 Å². The summed E-state index contributed by atoms with van der Waals surface area (Å²) >= 11 is 1.61. The predicted octanol–water partition coefficient (Wildman–Crippen LogP) is 4.07. The third-order valence-electron chi connectivity index (χ3n) is 4.53. The van der Waals surface area contributed by atoms with E-state index in [2.05, 4.69) is 0 Å². The highest BCUT2D eigenvalue weighted by Gasteiger charge is 2.35. The van der Waals surface area contributed by atoms with Gasteiger partial charge in [0.1, 0.15) is 16.4 Å². The molecule has 1 fully saturated rings. The third-order valence-corrected chi connectivity index (χ3v) is 7.44. The average molecular weight is 382 g/mol. The van der Waals surface area contributed by atoms with Gasteiger partial charge < -0.3 is 9.47 Å². The van der Waals surface area contributed by atoms with Crippen LogP contribution >= 0.6 is 11.3 Å². The molecule has 1 aliphatic rings. The quantitative estimate of drug-likeness (QED) is 0.783. The van der Waals surface area contributed by atoms with E-state index < -0.39 is 10.0 Å². The van der Waals surface area contributed by atoms with E-state index in [9.17, 15) is 8.42 Å². The normalized spacial score (nSPS) is 19.4. The number of sulfonamides is 1. The molecule has 0 amide bonds. The molecule has 1 aromatic heterocycles. The van der Waals surface area contributed by atoms with Gasteiger partial charge in [0.25, 0.3) is 0 Å². The highest BCUT2D eigenvalue weighted by molar-refractivity contribution is 7.89. The molecule has 1 aromatic carbocycles. The fourth-order valence-electron chi connectivity index (χ4n) is 3.25. The lowest BCUT2D eigenvalue weighted by Crippen LogP contribution is -2.34. The Kier molecular flexibility index (Phi) is 5.66. The Bertz CT molecular complexity index is 802. The zero-order chi connectivity index (χ0) is 17.9. The molecule has 1 atom stereocenters. The molecule has 5 nitrogen and oxygen atoms in total. The van der Waals surface area contributed by atoms with Gasteiger partial charge in [0, 0.05) is 17.5 Å². The summed E-state index contributed by atoms with van der Waals surface area (Å²) in [6.45, 7) is 0.519. The van der Waals surface area contributed by atoms with E-state index in [1.807, 2.05) is 17.5 Å². The minimum absolute atomic E-state index is 0.122. The second-order valence-corrected chi connectivity index (χ2v) is 8.85. The smallest absolute Gasteiger partial charge is 0.247 e. The molecule has 136 valence electrons. The molecule has 2 aromatic rings. The lowest BCUT2D eigenvalue weighted by Gasteiger charge is -2.29. The summed E-state index contributed by atoms with van der Waals surface area (Å²) in [5.74, 6) is 0.844. The van der Waals surface area contributed by atoms with Crippen molar-refractivity contribution in [3.63, 3.8) is 0 Å². The number of hydrogen-bond donors (Lipinski definition) is 0. The lowest BCUT2D eigenvalue weighted by molar-refractivity contribution is 0.329. The van der Waals surface area contributed by atoms with Gasteiger partial charge in [0.05, 0.1) is 20.3 Å². The SMILES string of the molecule is COc1ccc(OC)c(S(=O)(=O)N2CCCCC[C@H]2c2cccs2)c1. The molecule has 0 spiro atoms. The largest absolute Gasteiger partial charge is 0.497 e. The first-order valence-corrected chi connectivity index (χ1v) is 10.7. The van der Waals surface area contributed by atoms with Crippen molar-refractivity contribution < 1.29 is 17.9 Å². The number of nitrogens with zero attached hydrogens (tertiary/aromatic N) is 1. The second-order valence-electron chi connectivity index (χ2n) is 6.01. The van der Waals surface area contributed by atoms with E-state index in [0.717, 1.165) is 30.6 Å². The van der Waals surface area contributed by atoms with Crippen LogP contribution in [0.5, 0.6) is 11.5 Å². The van der Waals surface area contributed by atoms with Crippen molar-refractivity contribution in [1.82, 2.24) is 4.31 Å². The number of hydrogen-bond acceptors (Lipinski definition) is 5. The molecule has 0 radical (unpaired) electrons. The Morgan fingerprint density at radius 1 is 1.12 bits per heavy atom. The summed E-state index contributed by atoms with van der Waals surface area (Å²) in [6, 6.07) is 8.77. The van der Waals surface area contributed by atoms with E-state index in [4.69, 9.17) is 9.47 Å². The molecule has 7 heteroatoms. The van der Waals surface area contributed by atoms with E-state index in [1.165, 1.54) is 14.2 Å². The summed E-state index contributed by atoms with van der Waals surface area (Å²) in [5, 5.41) is 2.00. The summed E-state index contributed by atoms with van der Waals surface area (Å²) in [4.78, 5) is 1.25. The fourth-order valence-corrected chi connectivity index (χ4v) is 6.03. The predicted molar refractivity (Wildman–Crippen MR) is 99.0 cm³/mol. The van der Waals surface area contributed by atoms with Crippen LogP contribution < -0.4 is 9.47 Å². The van der Waals surface area contributed by atoms with E-state index in [1.54, 1.807) is 33.8 Å². The standard InChI is InChI=1S/C18H23NO4S2/c1-22-14-9-10-16(23-2)18(13-14)25(20,21)19-11-5-3-4-7-15(19)17-8-6-12-24-17/h6,8-10,12-13,15H,3-5,7,11H2,1-2H3/t15-/m0/s1. The number of benzene rings is 1. The van der Waals surface area contributed by atoms with Crippen molar-refractivity contribution in [2.45, 2.75) is 36.6 Å². The Morgan fingerprint density at radius 2 is 1.96 bits per heavy atom. The molecule has 0 aliphatic carbocycles. The van der Waals surface area contributed by atoms with Crippen LogP contribution in [0.15, 0.2) is 40.6 Å². The first kappa shape index (κ1) is 18.2. The highest BCUT2D eigenvalue weighted by atomic mass is 32.2. The number of methoxy groups -OCH3 is 2. The van der Waals surface area contributed by atoms with Crippen molar-refractivity contribution in [2.24, 2.45) is 0 Å². The monoisotopic (exact) mass is 381 g/mol. The molecule has 1 aliphatic heterocycles. The van der Waals surface area contributed by atoms with E-state index in [0.29, 0.717) is 18.0 Å². The van der Waals surface area contributed by atoms with Crippen LogP contribution in [-0.2, 0) is 10.0 Å². The third kappa shape index (κ3) is 3.68. The summed E-state index contributed by atoms with van der Waals surface area (Å²) in [5.41, 5.74) is 0. The molecule has 3 rings (SSSR count). The van der Waals surface area contributed by atoms with Gasteiger partial charge in [-0.3, -0.25) is 0 Å². The minimum atomic E-state index is -3.70. The van der Waals surface area contributed by atoms with Crippen LogP contribution in [0.25, 0.3) is 0 Å². The summed E-state index contributed by atoms with van der Waals surface area (Å²) in [6.07, 6.45) is 3.78. The maximum absolute atomic E-state index is 13.5. The molecule has 0 saturated carbocycles. The summed E-state index contributed by atoms with van der Waals surface area (Å²) in [7, 11) is -0.688. The fraction of sp³-hybridized carbons (Fsp3) is 0.444. The Labute approximate surface area is 153 Å². The van der Waals surface area contributed by atoms with Crippen LogP contribution in [0.3, 0.4) is 0 Å². The molecule has 25 heavy (non-hydrogen) atoms. The van der Waals surface area contributed by atoms with Gasteiger partial charge in [-0.25, -0.2) is 8.42 Å². The topological polar surface area (TPSA) is 55.8 Å². The maximum Gasteiger partial charge on any atom is 0.247 e. The zero-order valence-corrected chi connectivity index (χ0v) is 16.1. The van der Waals surface area contributed by atoms with Gasteiger partial charge in [0.15, 0.2) is 0 Å². The van der Waals surface area contributed by atoms with Crippen LogP contribution in [0.2, 0.25) is 0 Å². The first-order chi connectivity index (χ1) is 12.1. The Morgan fingerprint density at radius 3 is 2.64 bits per heavy atom. The van der Waals surface area contributed by atoms with Gasteiger partial charge in [-0.05, 0) is 36.4 Å². The molecule has 0 N–H and O–H groups in total. The minimum Gasteiger partial charge on any atom is -0.497 e. The Hall–Kier alpha value is -1.57.